The minimum atomic E-state index is 0.182. The van der Waals surface area contributed by atoms with E-state index < -0.39 is 0 Å². The molecule has 1 heterocycles. The van der Waals surface area contributed by atoms with Crippen molar-refractivity contribution < 1.29 is 4.74 Å². The molecule has 0 radical (unpaired) electrons. The second-order valence-corrected chi connectivity index (χ2v) is 4.58. The van der Waals surface area contributed by atoms with Crippen molar-refractivity contribution in [1.29, 1.82) is 0 Å². The van der Waals surface area contributed by atoms with Gasteiger partial charge in [0.2, 0.25) is 5.88 Å². The van der Waals surface area contributed by atoms with Gasteiger partial charge in [0.25, 0.3) is 0 Å². The predicted octanol–water partition coefficient (Wildman–Crippen LogP) is 3.63. The number of aromatic nitrogens is 2. The predicted molar refractivity (Wildman–Crippen MR) is 72.1 cm³/mol. The van der Waals surface area contributed by atoms with Gasteiger partial charge in [0.05, 0.1) is 5.02 Å². The average Bonchev–Trinajstić information content (AvgIpc) is 2.31. The van der Waals surface area contributed by atoms with Crippen LogP contribution in [0, 0.1) is 0 Å². The fourth-order valence-corrected chi connectivity index (χ4v) is 1.59. The Balaban J connectivity index is 2.32. The van der Waals surface area contributed by atoms with Crippen molar-refractivity contribution in [2.75, 3.05) is 5.73 Å². The summed E-state index contributed by atoms with van der Waals surface area (Å²) in [6, 6.07) is 8.79. The Morgan fingerprint density at radius 1 is 1.22 bits per heavy atom. The zero-order valence-electron chi connectivity index (χ0n) is 10.2. The summed E-state index contributed by atoms with van der Waals surface area (Å²) >= 11 is 6.02. The van der Waals surface area contributed by atoms with E-state index in [1.54, 1.807) is 18.2 Å². The monoisotopic (exact) mass is 263 g/mol. The lowest BCUT2D eigenvalue weighted by molar-refractivity contribution is 0.457. The first-order valence-electron chi connectivity index (χ1n) is 5.63. The molecule has 18 heavy (non-hydrogen) atoms. The number of halogens is 1. The molecule has 0 amide bonds. The number of nitrogens with two attached hydrogens (primary N) is 1. The van der Waals surface area contributed by atoms with Gasteiger partial charge in [-0.1, -0.05) is 37.6 Å². The molecule has 2 N–H and O–H groups in total. The maximum atomic E-state index is 6.02. The van der Waals surface area contributed by atoms with Crippen LogP contribution in [-0.4, -0.2) is 9.97 Å². The highest BCUT2D eigenvalue weighted by Gasteiger charge is 2.09. The van der Waals surface area contributed by atoms with Crippen molar-refractivity contribution in [1.82, 2.24) is 9.97 Å². The Kier molecular flexibility index (Phi) is 3.67. The van der Waals surface area contributed by atoms with E-state index in [0.717, 1.165) is 0 Å². The van der Waals surface area contributed by atoms with Gasteiger partial charge < -0.3 is 10.5 Å². The number of anilines is 1. The zero-order chi connectivity index (χ0) is 13.1. The molecule has 1 aromatic heterocycles. The summed E-state index contributed by atoms with van der Waals surface area (Å²) in [5.74, 6) is 2.17. The van der Waals surface area contributed by atoms with Gasteiger partial charge in [-0.3, -0.25) is 0 Å². The number of hydrogen-bond acceptors (Lipinski definition) is 4. The van der Waals surface area contributed by atoms with E-state index in [9.17, 15) is 0 Å². The third-order valence-corrected chi connectivity index (χ3v) is 2.62. The van der Waals surface area contributed by atoms with Crippen molar-refractivity contribution >= 4 is 17.4 Å². The SMILES string of the molecule is CC(C)c1nc(N)cc(Oc2ccccc2Cl)n1. The van der Waals surface area contributed by atoms with Crippen LogP contribution in [0.25, 0.3) is 0 Å². The first-order chi connectivity index (χ1) is 8.56. The van der Waals surface area contributed by atoms with Crippen molar-refractivity contribution in [2.45, 2.75) is 19.8 Å². The highest BCUT2D eigenvalue weighted by Crippen LogP contribution is 2.28. The molecule has 5 heteroatoms. The van der Waals surface area contributed by atoms with E-state index >= 15 is 0 Å². The van der Waals surface area contributed by atoms with Crippen LogP contribution in [0.15, 0.2) is 30.3 Å². The Labute approximate surface area is 111 Å². The largest absolute Gasteiger partial charge is 0.437 e. The summed E-state index contributed by atoms with van der Waals surface area (Å²) < 4.78 is 5.62. The smallest absolute Gasteiger partial charge is 0.224 e. The molecule has 0 aliphatic rings. The third-order valence-electron chi connectivity index (χ3n) is 2.31. The Morgan fingerprint density at radius 3 is 2.61 bits per heavy atom. The number of nitrogen functional groups attached to an aromatic ring is 1. The molecule has 0 saturated heterocycles. The van der Waals surface area contributed by atoms with Crippen molar-refractivity contribution in [3.05, 3.63) is 41.2 Å². The van der Waals surface area contributed by atoms with Gasteiger partial charge in [0.1, 0.15) is 17.4 Å². The topological polar surface area (TPSA) is 61.0 Å². The number of rotatable bonds is 3. The van der Waals surface area contributed by atoms with E-state index in [-0.39, 0.29) is 5.92 Å². The average molecular weight is 264 g/mol. The van der Waals surface area contributed by atoms with Crippen LogP contribution in [0.5, 0.6) is 11.6 Å². The fraction of sp³-hybridized carbons (Fsp3) is 0.231. The molecule has 0 fully saturated rings. The molecule has 0 atom stereocenters. The fourth-order valence-electron chi connectivity index (χ4n) is 1.41. The van der Waals surface area contributed by atoms with E-state index in [1.807, 2.05) is 26.0 Å². The number of hydrogen-bond donors (Lipinski definition) is 1. The Bertz CT molecular complexity index is 558. The van der Waals surface area contributed by atoms with Crippen molar-refractivity contribution in [3.63, 3.8) is 0 Å². The molecular weight excluding hydrogens is 250 g/mol. The van der Waals surface area contributed by atoms with E-state index in [1.165, 1.54) is 0 Å². The molecule has 0 aliphatic carbocycles. The van der Waals surface area contributed by atoms with Crippen molar-refractivity contribution in [3.8, 4) is 11.6 Å². The summed E-state index contributed by atoms with van der Waals surface area (Å²) in [6.45, 7) is 3.99. The standard InChI is InChI=1S/C13H14ClN3O/c1-8(2)13-16-11(15)7-12(17-13)18-10-6-4-3-5-9(10)14/h3-8H,1-2H3,(H2,15,16,17). The second kappa shape index (κ2) is 5.23. The number of nitrogens with zero attached hydrogens (tertiary/aromatic N) is 2. The van der Waals surface area contributed by atoms with Gasteiger partial charge in [0.15, 0.2) is 0 Å². The lowest BCUT2D eigenvalue weighted by atomic mass is 10.2. The summed E-state index contributed by atoms with van der Waals surface area (Å²) in [4.78, 5) is 8.45. The molecule has 0 saturated carbocycles. The molecule has 0 bridgehead atoms. The first kappa shape index (κ1) is 12.6. The highest BCUT2D eigenvalue weighted by atomic mass is 35.5. The number of para-hydroxylation sites is 1. The molecule has 2 aromatic rings. The first-order valence-corrected chi connectivity index (χ1v) is 6.01. The van der Waals surface area contributed by atoms with Gasteiger partial charge in [-0.2, -0.15) is 4.98 Å². The van der Waals surface area contributed by atoms with Crippen LogP contribution in [0.2, 0.25) is 5.02 Å². The van der Waals surface area contributed by atoms with Crippen molar-refractivity contribution in [2.24, 2.45) is 0 Å². The summed E-state index contributed by atoms with van der Waals surface area (Å²) in [7, 11) is 0. The van der Waals surface area contributed by atoms with Gasteiger partial charge >= 0.3 is 0 Å². The van der Waals surface area contributed by atoms with Gasteiger partial charge in [-0.15, -0.1) is 0 Å². The normalized spacial score (nSPS) is 10.7. The van der Waals surface area contributed by atoms with Crippen LogP contribution in [0.4, 0.5) is 5.82 Å². The molecule has 0 spiro atoms. The summed E-state index contributed by atoms with van der Waals surface area (Å²) in [5, 5.41) is 0.529. The maximum absolute atomic E-state index is 6.02. The number of ether oxygens (including phenoxy) is 1. The molecule has 0 aliphatic heterocycles. The molecule has 0 unspecified atom stereocenters. The Hall–Kier alpha value is -1.81. The molecule has 1 aromatic carbocycles. The summed E-state index contributed by atoms with van der Waals surface area (Å²) in [5.41, 5.74) is 5.72. The van der Waals surface area contributed by atoms with E-state index in [2.05, 4.69) is 9.97 Å². The number of benzene rings is 1. The lowest BCUT2D eigenvalue weighted by Crippen LogP contribution is -2.03. The van der Waals surface area contributed by atoms with Crippen LogP contribution in [0.3, 0.4) is 0 Å². The Morgan fingerprint density at radius 2 is 1.94 bits per heavy atom. The van der Waals surface area contributed by atoms with E-state index in [0.29, 0.717) is 28.3 Å². The van der Waals surface area contributed by atoms with Crippen LogP contribution < -0.4 is 10.5 Å². The zero-order valence-corrected chi connectivity index (χ0v) is 11.0. The molecule has 4 nitrogen and oxygen atoms in total. The maximum Gasteiger partial charge on any atom is 0.224 e. The molecule has 94 valence electrons. The molecule has 2 rings (SSSR count). The third kappa shape index (κ3) is 2.90. The minimum Gasteiger partial charge on any atom is -0.437 e. The lowest BCUT2D eigenvalue weighted by Gasteiger charge is -2.10. The van der Waals surface area contributed by atoms with Gasteiger partial charge in [-0.25, -0.2) is 4.98 Å². The van der Waals surface area contributed by atoms with E-state index in [4.69, 9.17) is 22.1 Å². The van der Waals surface area contributed by atoms with Crippen LogP contribution in [-0.2, 0) is 0 Å². The minimum absolute atomic E-state index is 0.182. The highest BCUT2D eigenvalue weighted by molar-refractivity contribution is 6.32. The second-order valence-electron chi connectivity index (χ2n) is 4.18. The van der Waals surface area contributed by atoms with Gasteiger partial charge in [0, 0.05) is 12.0 Å². The van der Waals surface area contributed by atoms with Crippen LogP contribution >= 0.6 is 11.6 Å². The van der Waals surface area contributed by atoms with Gasteiger partial charge in [-0.05, 0) is 12.1 Å². The van der Waals surface area contributed by atoms with Crippen LogP contribution in [0.1, 0.15) is 25.6 Å². The summed E-state index contributed by atoms with van der Waals surface area (Å²) in [6.07, 6.45) is 0. The molecular formula is C13H14ClN3O. The quantitative estimate of drug-likeness (QED) is 0.919.